The van der Waals surface area contributed by atoms with E-state index >= 15 is 0 Å². The quantitative estimate of drug-likeness (QED) is 0.180. The fourth-order valence-corrected chi connectivity index (χ4v) is 8.18. The smallest absolute Gasteiger partial charge is 0.127 e. The van der Waals surface area contributed by atoms with E-state index in [1.807, 2.05) is 18.2 Å². The fourth-order valence-electron chi connectivity index (χ4n) is 8.18. The number of fused-ring (bicyclic) bond motifs is 3. The van der Waals surface area contributed by atoms with Crippen molar-refractivity contribution in [2.75, 3.05) is 0 Å². The van der Waals surface area contributed by atoms with Gasteiger partial charge in [-0.1, -0.05) is 76.7 Å². The van der Waals surface area contributed by atoms with E-state index in [0.717, 1.165) is 67.4 Å². The largest absolute Gasteiger partial charge is 0.507 e. The van der Waals surface area contributed by atoms with Crippen LogP contribution in [-0.4, -0.2) is 20.9 Å². The van der Waals surface area contributed by atoms with Crippen molar-refractivity contribution in [3.8, 4) is 23.0 Å². The van der Waals surface area contributed by atoms with E-state index < -0.39 is 0 Å². The minimum Gasteiger partial charge on any atom is -0.507 e. The highest BCUT2D eigenvalue weighted by atomic mass is 16.5. The van der Waals surface area contributed by atoms with Crippen LogP contribution in [0.5, 0.6) is 23.0 Å². The molecule has 0 spiro atoms. The van der Waals surface area contributed by atoms with E-state index in [1.54, 1.807) is 0 Å². The minimum absolute atomic E-state index is 0.119. The van der Waals surface area contributed by atoms with Gasteiger partial charge >= 0.3 is 0 Å². The normalized spacial score (nSPS) is 23.3. The van der Waals surface area contributed by atoms with Crippen molar-refractivity contribution in [3.63, 3.8) is 0 Å². The van der Waals surface area contributed by atoms with Gasteiger partial charge in [-0.05, 0) is 126 Å². The maximum Gasteiger partial charge on any atom is 0.127 e. The molecule has 2 aromatic carbocycles. The van der Waals surface area contributed by atoms with Crippen molar-refractivity contribution >= 4 is 0 Å². The van der Waals surface area contributed by atoms with Gasteiger partial charge in [-0.2, -0.15) is 0 Å². The molecule has 4 atom stereocenters. The molecule has 4 nitrogen and oxygen atoms in total. The van der Waals surface area contributed by atoms with Gasteiger partial charge in [-0.15, -0.1) is 0 Å². The van der Waals surface area contributed by atoms with Gasteiger partial charge in [-0.3, -0.25) is 0 Å². The number of unbranched alkanes of at least 4 members (excludes halogenated alkanes) is 4. The summed E-state index contributed by atoms with van der Waals surface area (Å²) < 4.78 is 6.36. The Kier molecular flexibility index (Phi) is 12.4. The van der Waals surface area contributed by atoms with Crippen LogP contribution in [0.3, 0.4) is 0 Å². The Balaban J connectivity index is 0.000000209. The first-order valence-corrected chi connectivity index (χ1v) is 18.3. The molecule has 1 heterocycles. The summed E-state index contributed by atoms with van der Waals surface area (Å²) in [5.41, 5.74) is 6.58. The summed E-state index contributed by atoms with van der Waals surface area (Å²) in [6.07, 6.45) is 18.1. The number of allylic oxidation sites excluding steroid dienone is 4. The second kappa shape index (κ2) is 15.8. The molecule has 0 radical (unpaired) electrons. The zero-order valence-corrected chi connectivity index (χ0v) is 30.1. The number of phenolic OH excluding ortho intramolecular Hbond substituents is 3. The van der Waals surface area contributed by atoms with Gasteiger partial charge in [-0.25, -0.2) is 0 Å². The van der Waals surface area contributed by atoms with Gasteiger partial charge in [0.05, 0.1) is 0 Å². The molecule has 254 valence electrons. The maximum atomic E-state index is 10.7. The third-order valence-corrected chi connectivity index (χ3v) is 10.8. The molecule has 2 aliphatic carbocycles. The zero-order chi connectivity index (χ0) is 33.6. The molecule has 3 aliphatic rings. The molecule has 3 N–H and O–H groups in total. The zero-order valence-electron chi connectivity index (χ0n) is 30.1. The fraction of sp³-hybridized carbons (Fsp3) is 0.619. The highest BCUT2D eigenvalue weighted by molar-refractivity contribution is 5.54. The lowest BCUT2D eigenvalue weighted by molar-refractivity contribution is 0.0107. The van der Waals surface area contributed by atoms with Crippen LogP contribution in [0.2, 0.25) is 0 Å². The van der Waals surface area contributed by atoms with Crippen molar-refractivity contribution in [1.82, 2.24) is 0 Å². The average Bonchev–Trinajstić information content (AvgIpc) is 2.96. The SMILES string of the molecule is CCCCCc1cc(O)c(C2C=C(C)CCC2C(C)C)c(O)c1.CCCCCc1cc(O)c2c(c1)OC(C)(C)[C@H]1CCC(C)=C[C@@H]21. The van der Waals surface area contributed by atoms with Crippen molar-refractivity contribution in [3.05, 3.63) is 69.8 Å². The third kappa shape index (κ3) is 8.52. The van der Waals surface area contributed by atoms with Gasteiger partial charge in [0.25, 0.3) is 0 Å². The summed E-state index contributed by atoms with van der Waals surface area (Å²) in [6.45, 7) is 17.6. The number of hydrogen-bond donors (Lipinski definition) is 3. The summed E-state index contributed by atoms with van der Waals surface area (Å²) >= 11 is 0. The topological polar surface area (TPSA) is 69.9 Å². The standard InChI is InChI=1S/C21H30O2.C21H32O2/c1-5-6-7-8-15-12-18(22)20-16-11-14(2)9-10-17(16)21(3,4)23-19(20)13-15;1-5-6-7-8-16-12-19(22)21(20(23)13-16)18-11-15(4)9-10-17(18)14(2)3/h11-13,16-17,22H,5-10H2,1-4H3;11-14,17-18,22-23H,5-10H2,1-4H3/t16-,17+;/m1./s1. The van der Waals surface area contributed by atoms with E-state index in [2.05, 4.69) is 73.6 Å². The van der Waals surface area contributed by atoms with Gasteiger partial charge in [0.15, 0.2) is 0 Å². The molecule has 0 amide bonds. The highest BCUT2D eigenvalue weighted by Gasteiger charge is 2.45. The van der Waals surface area contributed by atoms with Crippen LogP contribution in [0.4, 0.5) is 0 Å². The van der Waals surface area contributed by atoms with Crippen LogP contribution in [-0.2, 0) is 12.8 Å². The van der Waals surface area contributed by atoms with Gasteiger partial charge in [0.2, 0.25) is 0 Å². The van der Waals surface area contributed by atoms with Gasteiger partial charge < -0.3 is 20.1 Å². The molecule has 0 bridgehead atoms. The van der Waals surface area contributed by atoms with E-state index in [1.165, 1.54) is 48.8 Å². The molecule has 46 heavy (non-hydrogen) atoms. The Bertz CT molecular complexity index is 1350. The van der Waals surface area contributed by atoms with Crippen molar-refractivity contribution in [2.45, 2.75) is 150 Å². The summed E-state index contributed by atoms with van der Waals surface area (Å²) in [5.74, 6) is 3.69. The van der Waals surface area contributed by atoms with Crippen LogP contribution >= 0.6 is 0 Å². The summed E-state index contributed by atoms with van der Waals surface area (Å²) in [4.78, 5) is 0. The maximum absolute atomic E-state index is 10.7. The Morgan fingerprint density at radius 3 is 1.76 bits per heavy atom. The lowest BCUT2D eigenvalue weighted by Crippen LogP contribution is -2.45. The Morgan fingerprint density at radius 2 is 1.22 bits per heavy atom. The van der Waals surface area contributed by atoms with E-state index in [-0.39, 0.29) is 28.9 Å². The number of rotatable bonds is 10. The van der Waals surface area contributed by atoms with Crippen molar-refractivity contribution in [2.24, 2.45) is 17.8 Å². The number of aromatic hydroxyl groups is 3. The van der Waals surface area contributed by atoms with E-state index in [9.17, 15) is 15.3 Å². The van der Waals surface area contributed by atoms with Crippen LogP contribution < -0.4 is 4.74 Å². The predicted molar refractivity (Wildman–Crippen MR) is 192 cm³/mol. The molecule has 4 heteroatoms. The Labute approximate surface area is 280 Å². The predicted octanol–water partition coefficient (Wildman–Crippen LogP) is 11.7. The number of phenols is 3. The number of aryl methyl sites for hydroxylation is 2. The summed E-state index contributed by atoms with van der Waals surface area (Å²) in [5, 5.41) is 31.8. The molecule has 5 rings (SSSR count). The van der Waals surface area contributed by atoms with Crippen LogP contribution in [0, 0.1) is 17.8 Å². The average molecular weight is 631 g/mol. The Hall–Kier alpha value is -2.88. The van der Waals surface area contributed by atoms with Crippen molar-refractivity contribution < 1.29 is 20.1 Å². The van der Waals surface area contributed by atoms with E-state index in [4.69, 9.17) is 4.74 Å². The monoisotopic (exact) mass is 630 g/mol. The second-order valence-corrected chi connectivity index (χ2v) is 15.4. The molecule has 0 aromatic heterocycles. The van der Waals surface area contributed by atoms with Gasteiger partial charge in [0.1, 0.15) is 28.6 Å². The molecule has 2 unspecified atom stereocenters. The number of benzene rings is 2. The molecular weight excluding hydrogens is 568 g/mol. The second-order valence-electron chi connectivity index (χ2n) is 15.4. The molecular formula is C42H62O4. The summed E-state index contributed by atoms with van der Waals surface area (Å²) in [6, 6.07) is 7.85. The van der Waals surface area contributed by atoms with Crippen LogP contribution in [0.25, 0.3) is 0 Å². The van der Waals surface area contributed by atoms with Gasteiger partial charge in [0, 0.05) is 28.9 Å². The van der Waals surface area contributed by atoms with Crippen molar-refractivity contribution in [1.29, 1.82) is 0 Å². The first kappa shape index (κ1) is 36.0. The number of hydrogen-bond acceptors (Lipinski definition) is 4. The lowest BCUT2D eigenvalue weighted by atomic mass is 9.68. The molecule has 2 aromatic rings. The Morgan fingerprint density at radius 1 is 0.717 bits per heavy atom. The molecule has 0 fully saturated rings. The minimum atomic E-state index is -0.177. The molecule has 0 saturated carbocycles. The molecule has 1 aliphatic heterocycles. The van der Waals surface area contributed by atoms with Crippen LogP contribution in [0.1, 0.15) is 154 Å². The summed E-state index contributed by atoms with van der Waals surface area (Å²) in [7, 11) is 0. The van der Waals surface area contributed by atoms with Crippen LogP contribution in [0.15, 0.2) is 47.6 Å². The molecule has 0 saturated heterocycles. The first-order valence-electron chi connectivity index (χ1n) is 18.3. The van der Waals surface area contributed by atoms with E-state index in [0.29, 0.717) is 23.5 Å². The third-order valence-electron chi connectivity index (χ3n) is 10.8. The first-order chi connectivity index (χ1) is 21.9. The lowest BCUT2D eigenvalue weighted by Gasteiger charge is -2.46. The highest BCUT2D eigenvalue weighted by Crippen LogP contribution is 2.53. The number of ether oxygens (including phenoxy) is 1.